The van der Waals surface area contributed by atoms with Gasteiger partial charge in [0.25, 0.3) is 0 Å². The second-order valence-electron chi connectivity index (χ2n) is 5.60. The van der Waals surface area contributed by atoms with Gasteiger partial charge in [-0.15, -0.1) is 0 Å². The number of methoxy groups -OCH3 is 1. The van der Waals surface area contributed by atoms with Crippen LogP contribution in [0.3, 0.4) is 0 Å². The number of amidine groups is 1. The Hall–Kier alpha value is -1.55. The molecule has 0 spiro atoms. The number of hydrogen-bond donors (Lipinski definition) is 2. The van der Waals surface area contributed by atoms with E-state index in [1.165, 1.54) is 37.9 Å². The highest BCUT2D eigenvalue weighted by Crippen LogP contribution is 2.24. The predicted octanol–water partition coefficient (Wildman–Crippen LogP) is 2.60. The topological polar surface area (TPSA) is 62.3 Å². The van der Waals surface area contributed by atoms with Crippen molar-refractivity contribution in [3.8, 4) is 5.75 Å². The van der Waals surface area contributed by atoms with Crippen LogP contribution in [0.5, 0.6) is 5.75 Å². The van der Waals surface area contributed by atoms with Crippen LogP contribution >= 0.6 is 0 Å². The summed E-state index contributed by atoms with van der Waals surface area (Å²) in [6.45, 7) is 5.59. The lowest BCUT2D eigenvalue weighted by atomic mass is 9.95. The van der Waals surface area contributed by atoms with Gasteiger partial charge in [0.1, 0.15) is 11.6 Å². The lowest BCUT2D eigenvalue weighted by molar-refractivity contribution is 0.164. The van der Waals surface area contributed by atoms with Crippen LogP contribution in [0.15, 0.2) is 18.2 Å². The molecule has 1 atom stereocenters. The number of piperidine rings is 1. The summed E-state index contributed by atoms with van der Waals surface area (Å²) < 4.78 is 5.34. The van der Waals surface area contributed by atoms with Crippen molar-refractivity contribution in [1.29, 1.82) is 5.41 Å². The van der Waals surface area contributed by atoms with E-state index in [0.29, 0.717) is 11.3 Å². The maximum Gasteiger partial charge on any atom is 0.130 e. The molecule has 4 nitrogen and oxygen atoms in total. The summed E-state index contributed by atoms with van der Waals surface area (Å²) in [5, 5.41) is 7.54. The molecule has 0 radical (unpaired) electrons. The van der Waals surface area contributed by atoms with E-state index >= 15 is 0 Å². The molecule has 1 heterocycles. The van der Waals surface area contributed by atoms with Crippen molar-refractivity contribution < 1.29 is 4.74 Å². The fourth-order valence-corrected chi connectivity index (χ4v) is 2.94. The molecule has 20 heavy (non-hydrogen) atoms. The van der Waals surface area contributed by atoms with E-state index in [2.05, 4.69) is 17.9 Å². The molecule has 0 aromatic heterocycles. The molecule has 2 rings (SSSR count). The first kappa shape index (κ1) is 14.9. The molecule has 0 bridgehead atoms. The molecule has 3 N–H and O–H groups in total. The van der Waals surface area contributed by atoms with E-state index in [9.17, 15) is 0 Å². The Labute approximate surface area is 121 Å². The maximum absolute atomic E-state index is 7.54. The highest BCUT2D eigenvalue weighted by atomic mass is 16.5. The highest BCUT2D eigenvalue weighted by molar-refractivity contribution is 5.97. The zero-order valence-electron chi connectivity index (χ0n) is 12.5. The van der Waals surface area contributed by atoms with Gasteiger partial charge in [-0.3, -0.25) is 10.3 Å². The monoisotopic (exact) mass is 275 g/mol. The van der Waals surface area contributed by atoms with Crippen LogP contribution in [0, 0.1) is 11.3 Å². The first-order chi connectivity index (χ1) is 9.63. The van der Waals surface area contributed by atoms with Crippen molar-refractivity contribution in [2.45, 2.75) is 32.7 Å². The molecule has 1 aliphatic heterocycles. The van der Waals surface area contributed by atoms with Gasteiger partial charge in [-0.05, 0) is 43.0 Å². The van der Waals surface area contributed by atoms with Crippen LogP contribution in [0.1, 0.15) is 37.3 Å². The third-order valence-electron chi connectivity index (χ3n) is 4.14. The number of rotatable bonds is 5. The Morgan fingerprint density at radius 2 is 2.30 bits per heavy atom. The van der Waals surface area contributed by atoms with Gasteiger partial charge in [-0.2, -0.15) is 0 Å². The van der Waals surface area contributed by atoms with E-state index in [-0.39, 0.29) is 5.84 Å². The standard InChI is InChI=1S/C16H25N3O/c1-3-12-5-4-8-19(10-12)11-13-6-7-14(16(17)18)15(9-13)20-2/h6-7,9,12H,3-5,8,10-11H2,1-2H3,(H3,17,18). The number of nitrogen functional groups attached to an aromatic ring is 1. The van der Waals surface area contributed by atoms with Crippen molar-refractivity contribution in [3.05, 3.63) is 29.3 Å². The summed E-state index contributed by atoms with van der Waals surface area (Å²) in [5.74, 6) is 1.58. The van der Waals surface area contributed by atoms with Gasteiger partial charge in [-0.25, -0.2) is 0 Å². The minimum absolute atomic E-state index is 0.0532. The third kappa shape index (κ3) is 3.51. The predicted molar refractivity (Wildman–Crippen MR) is 82.3 cm³/mol. The Morgan fingerprint density at radius 1 is 1.50 bits per heavy atom. The molecule has 1 saturated heterocycles. The second-order valence-corrected chi connectivity index (χ2v) is 5.60. The van der Waals surface area contributed by atoms with Gasteiger partial charge in [0.2, 0.25) is 0 Å². The molecule has 0 saturated carbocycles. The minimum Gasteiger partial charge on any atom is -0.496 e. The van der Waals surface area contributed by atoms with Gasteiger partial charge in [0.05, 0.1) is 12.7 Å². The van der Waals surface area contributed by atoms with E-state index in [1.807, 2.05) is 12.1 Å². The van der Waals surface area contributed by atoms with Crippen molar-refractivity contribution >= 4 is 5.84 Å². The normalized spacial score (nSPS) is 19.8. The fraction of sp³-hybridized carbons (Fsp3) is 0.562. The largest absolute Gasteiger partial charge is 0.496 e. The van der Waals surface area contributed by atoms with E-state index in [0.717, 1.165) is 12.5 Å². The van der Waals surface area contributed by atoms with Crippen LogP contribution in [-0.2, 0) is 6.54 Å². The highest BCUT2D eigenvalue weighted by Gasteiger charge is 2.18. The summed E-state index contributed by atoms with van der Waals surface area (Å²) in [7, 11) is 1.62. The molecular weight excluding hydrogens is 250 g/mol. The molecule has 1 aromatic carbocycles. The fourth-order valence-electron chi connectivity index (χ4n) is 2.94. The van der Waals surface area contributed by atoms with Gasteiger partial charge < -0.3 is 10.5 Å². The van der Waals surface area contributed by atoms with Crippen LogP contribution in [0.2, 0.25) is 0 Å². The first-order valence-corrected chi connectivity index (χ1v) is 7.37. The van der Waals surface area contributed by atoms with Crippen LogP contribution in [0.25, 0.3) is 0 Å². The molecular formula is C16H25N3O. The van der Waals surface area contributed by atoms with Gasteiger partial charge >= 0.3 is 0 Å². The summed E-state index contributed by atoms with van der Waals surface area (Å²) in [4.78, 5) is 2.51. The van der Waals surface area contributed by atoms with Crippen molar-refractivity contribution in [3.63, 3.8) is 0 Å². The molecule has 110 valence electrons. The lowest BCUT2D eigenvalue weighted by Gasteiger charge is -2.32. The van der Waals surface area contributed by atoms with E-state index < -0.39 is 0 Å². The average molecular weight is 275 g/mol. The van der Waals surface area contributed by atoms with Crippen LogP contribution in [-0.4, -0.2) is 30.9 Å². The number of hydrogen-bond acceptors (Lipinski definition) is 3. The van der Waals surface area contributed by atoms with Gasteiger partial charge in [0, 0.05) is 13.1 Å². The lowest BCUT2D eigenvalue weighted by Crippen LogP contribution is -2.34. The minimum atomic E-state index is 0.0532. The Balaban J connectivity index is 2.07. The molecule has 1 aromatic rings. The van der Waals surface area contributed by atoms with Crippen molar-refractivity contribution in [2.24, 2.45) is 11.7 Å². The first-order valence-electron chi connectivity index (χ1n) is 7.37. The van der Waals surface area contributed by atoms with Crippen molar-refractivity contribution in [1.82, 2.24) is 4.90 Å². The maximum atomic E-state index is 7.54. The Bertz CT molecular complexity index is 473. The summed E-state index contributed by atoms with van der Waals surface area (Å²) in [6, 6.07) is 5.94. The molecule has 0 aliphatic carbocycles. The zero-order chi connectivity index (χ0) is 14.5. The Kier molecular flexibility index (Phi) is 5.01. The molecule has 1 unspecified atom stereocenters. The third-order valence-corrected chi connectivity index (χ3v) is 4.14. The quantitative estimate of drug-likeness (QED) is 0.641. The number of ether oxygens (including phenoxy) is 1. The smallest absolute Gasteiger partial charge is 0.130 e. The number of nitrogens with zero attached hydrogens (tertiary/aromatic N) is 1. The number of likely N-dealkylation sites (tertiary alicyclic amines) is 1. The Morgan fingerprint density at radius 3 is 2.95 bits per heavy atom. The number of nitrogens with one attached hydrogen (secondary N) is 1. The second kappa shape index (κ2) is 6.75. The van der Waals surface area contributed by atoms with Crippen LogP contribution in [0.4, 0.5) is 0 Å². The summed E-state index contributed by atoms with van der Waals surface area (Å²) in [6.07, 6.45) is 3.92. The summed E-state index contributed by atoms with van der Waals surface area (Å²) in [5.41, 5.74) is 7.45. The van der Waals surface area contributed by atoms with E-state index in [4.69, 9.17) is 15.9 Å². The summed E-state index contributed by atoms with van der Waals surface area (Å²) >= 11 is 0. The molecule has 0 amide bonds. The molecule has 1 fully saturated rings. The average Bonchev–Trinajstić information content (AvgIpc) is 2.47. The van der Waals surface area contributed by atoms with Gasteiger partial charge in [-0.1, -0.05) is 19.4 Å². The SMILES string of the molecule is CCC1CCCN(Cc2ccc(C(=N)N)c(OC)c2)C1. The number of benzene rings is 1. The molecule has 4 heteroatoms. The van der Waals surface area contributed by atoms with Crippen molar-refractivity contribution in [2.75, 3.05) is 20.2 Å². The van der Waals surface area contributed by atoms with E-state index in [1.54, 1.807) is 7.11 Å². The van der Waals surface area contributed by atoms with Gasteiger partial charge in [0.15, 0.2) is 0 Å². The zero-order valence-corrected chi connectivity index (χ0v) is 12.5. The number of nitrogens with two attached hydrogens (primary N) is 1. The van der Waals surface area contributed by atoms with Crippen LogP contribution < -0.4 is 10.5 Å². The molecule has 1 aliphatic rings.